The van der Waals surface area contributed by atoms with Crippen molar-refractivity contribution in [2.75, 3.05) is 33.2 Å². The van der Waals surface area contributed by atoms with E-state index in [9.17, 15) is 29.1 Å². The van der Waals surface area contributed by atoms with Crippen LogP contribution in [0, 0.1) is 0 Å². The van der Waals surface area contributed by atoms with Crippen LogP contribution >= 0.6 is 0 Å². The van der Waals surface area contributed by atoms with Crippen LogP contribution in [0.2, 0.25) is 0 Å². The van der Waals surface area contributed by atoms with Gasteiger partial charge >= 0.3 is 18.2 Å². The molecule has 2 atom stereocenters. The van der Waals surface area contributed by atoms with Gasteiger partial charge in [0.15, 0.2) is 0 Å². The number of amides is 4. The van der Waals surface area contributed by atoms with Crippen LogP contribution in [0.3, 0.4) is 0 Å². The summed E-state index contributed by atoms with van der Waals surface area (Å²) in [6.45, 7) is 1.66. The molecule has 0 radical (unpaired) electrons. The van der Waals surface area contributed by atoms with Gasteiger partial charge in [0.2, 0.25) is 11.8 Å². The number of carboxylic acids is 1. The Morgan fingerprint density at radius 2 is 1.27 bits per heavy atom. The van der Waals surface area contributed by atoms with Gasteiger partial charge in [0.05, 0.1) is 12.5 Å². The van der Waals surface area contributed by atoms with Crippen molar-refractivity contribution in [3.05, 3.63) is 71.8 Å². The van der Waals surface area contributed by atoms with E-state index in [2.05, 4.69) is 21.3 Å². The lowest BCUT2D eigenvalue weighted by Crippen LogP contribution is -2.51. The third-order valence-corrected chi connectivity index (χ3v) is 5.90. The Kier molecular flexibility index (Phi) is 14.2. The molecule has 5 N–H and O–H groups in total. The van der Waals surface area contributed by atoms with Gasteiger partial charge in [0.1, 0.15) is 19.3 Å². The van der Waals surface area contributed by atoms with E-state index in [4.69, 9.17) is 9.47 Å². The average Bonchev–Trinajstić information content (AvgIpc) is 2.98. The monoisotopic (exact) mass is 571 g/mol. The first-order chi connectivity index (χ1) is 19.7. The number of carbonyl (C=O) groups is 5. The normalized spacial score (nSPS) is 11.9. The van der Waals surface area contributed by atoms with Crippen LogP contribution in [0.1, 0.15) is 24.5 Å². The van der Waals surface area contributed by atoms with Crippen molar-refractivity contribution in [3.8, 4) is 0 Å². The lowest BCUT2D eigenvalue weighted by atomic mass is 10.1. The number of alkyl carbamates (subject to hydrolysis) is 2. The third-order valence-electron chi connectivity index (χ3n) is 5.90. The quantitative estimate of drug-likeness (QED) is 0.198. The zero-order chi connectivity index (χ0) is 30.0. The third kappa shape index (κ3) is 12.8. The summed E-state index contributed by atoms with van der Waals surface area (Å²) < 4.78 is 10.3. The molecule has 13 nitrogen and oxygen atoms in total. The molecule has 222 valence electrons. The number of rotatable bonds is 16. The molecule has 2 aromatic rings. The number of aliphatic carboxylic acids is 1. The van der Waals surface area contributed by atoms with Crippen molar-refractivity contribution in [1.82, 2.24) is 26.2 Å². The summed E-state index contributed by atoms with van der Waals surface area (Å²) in [4.78, 5) is 62.4. The van der Waals surface area contributed by atoms with Crippen molar-refractivity contribution in [2.24, 2.45) is 0 Å². The van der Waals surface area contributed by atoms with Crippen molar-refractivity contribution >= 4 is 30.0 Å². The SMILES string of the molecule is CN[C@H](C)C(=O)N[C@@H](CC(=O)N(CCNC(=O)OCc1ccccc1)CCNC(=O)OCc1ccccc1)C(=O)O. The number of carboxylic acid groups (broad SMARTS) is 1. The summed E-state index contributed by atoms with van der Waals surface area (Å²) in [7, 11) is 1.54. The van der Waals surface area contributed by atoms with Crippen LogP contribution in [0.4, 0.5) is 9.59 Å². The van der Waals surface area contributed by atoms with Gasteiger partial charge in [-0.25, -0.2) is 14.4 Å². The molecular weight excluding hydrogens is 534 g/mol. The second-order valence-electron chi connectivity index (χ2n) is 8.97. The topological polar surface area (TPSA) is 175 Å². The van der Waals surface area contributed by atoms with Crippen LogP contribution in [0.15, 0.2) is 60.7 Å². The Morgan fingerprint density at radius 1 is 0.805 bits per heavy atom. The van der Waals surface area contributed by atoms with E-state index in [0.717, 1.165) is 11.1 Å². The molecule has 0 bridgehead atoms. The van der Waals surface area contributed by atoms with Crippen molar-refractivity contribution < 1.29 is 38.6 Å². The molecule has 0 saturated carbocycles. The highest BCUT2D eigenvalue weighted by atomic mass is 16.6. The van der Waals surface area contributed by atoms with Gasteiger partial charge in [-0.1, -0.05) is 60.7 Å². The Bertz CT molecular complexity index is 1070. The first kappa shape index (κ1) is 32.6. The number of benzene rings is 2. The number of carbonyl (C=O) groups excluding carboxylic acids is 4. The van der Waals surface area contributed by atoms with Crippen LogP contribution in [0.5, 0.6) is 0 Å². The summed E-state index contributed by atoms with van der Waals surface area (Å²) in [5.74, 6) is -2.56. The van der Waals surface area contributed by atoms with E-state index < -0.39 is 48.5 Å². The molecule has 0 aliphatic heterocycles. The van der Waals surface area contributed by atoms with Gasteiger partial charge in [-0.3, -0.25) is 9.59 Å². The molecule has 0 heterocycles. The zero-order valence-electron chi connectivity index (χ0n) is 23.1. The number of hydrogen-bond donors (Lipinski definition) is 5. The van der Waals surface area contributed by atoms with Crippen molar-refractivity contribution in [2.45, 2.75) is 38.6 Å². The standard InChI is InChI=1S/C28H37N5O8/c1-20(29-2)25(35)32-23(26(36)37)17-24(34)33(15-13-30-27(38)40-18-21-9-5-3-6-10-21)16-14-31-28(39)41-19-22-11-7-4-8-12-22/h3-12,20,23,29H,13-19H2,1-2H3,(H,30,38)(H,31,39)(H,32,35)(H,36,37)/t20-,23+/m1/s1. The van der Waals surface area contributed by atoms with E-state index in [1.165, 1.54) is 4.90 Å². The van der Waals surface area contributed by atoms with Gasteiger partial charge in [-0.2, -0.15) is 0 Å². The van der Waals surface area contributed by atoms with Gasteiger partial charge < -0.3 is 40.7 Å². The van der Waals surface area contributed by atoms with Crippen LogP contribution in [-0.2, 0) is 37.1 Å². The van der Waals surface area contributed by atoms with Crippen LogP contribution in [-0.4, -0.2) is 85.3 Å². The Labute approximate surface area is 238 Å². The second kappa shape index (κ2) is 17.8. The molecule has 0 saturated heterocycles. The van der Waals surface area contributed by atoms with Crippen molar-refractivity contribution in [1.29, 1.82) is 0 Å². The molecule has 41 heavy (non-hydrogen) atoms. The van der Waals surface area contributed by atoms with Crippen LogP contribution in [0.25, 0.3) is 0 Å². The largest absolute Gasteiger partial charge is 0.480 e. The molecule has 0 aromatic heterocycles. The smallest absolute Gasteiger partial charge is 0.407 e. The molecule has 2 rings (SSSR count). The fourth-order valence-corrected chi connectivity index (χ4v) is 3.43. The molecule has 2 aromatic carbocycles. The Hall–Kier alpha value is -4.65. The highest BCUT2D eigenvalue weighted by molar-refractivity contribution is 5.90. The van der Waals surface area contributed by atoms with Crippen molar-refractivity contribution in [3.63, 3.8) is 0 Å². The predicted molar refractivity (Wildman–Crippen MR) is 149 cm³/mol. The van der Waals surface area contributed by atoms with E-state index >= 15 is 0 Å². The zero-order valence-corrected chi connectivity index (χ0v) is 23.1. The summed E-state index contributed by atoms with van der Waals surface area (Å²) in [6, 6.07) is 16.0. The molecule has 0 aliphatic rings. The molecule has 13 heteroatoms. The highest BCUT2D eigenvalue weighted by Crippen LogP contribution is 2.03. The first-order valence-corrected chi connectivity index (χ1v) is 13.1. The maximum absolute atomic E-state index is 13.1. The van der Waals surface area contributed by atoms with E-state index in [-0.39, 0.29) is 39.4 Å². The fraction of sp³-hybridized carbons (Fsp3) is 0.393. The minimum absolute atomic E-state index is 0.00129. The number of likely N-dealkylation sites (N-methyl/N-ethyl adjacent to an activating group) is 1. The summed E-state index contributed by atoms with van der Waals surface area (Å²) >= 11 is 0. The minimum atomic E-state index is -1.47. The van der Waals surface area contributed by atoms with E-state index in [1.54, 1.807) is 38.2 Å². The highest BCUT2D eigenvalue weighted by Gasteiger charge is 2.27. The minimum Gasteiger partial charge on any atom is -0.480 e. The predicted octanol–water partition coefficient (Wildman–Crippen LogP) is 1.24. The van der Waals surface area contributed by atoms with Crippen LogP contribution < -0.4 is 21.3 Å². The maximum atomic E-state index is 13.1. The Morgan fingerprint density at radius 3 is 1.68 bits per heavy atom. The molecule has 0 unspecified atom stereocenters. The summed E-state index contributed by atoms with van der Waals surface area (Å²) in [5.41, 5.74) is 1.61. The van der Waals surface area contributed by atoms with Gasteiger partial charge in [-0.05, 0) is 25.1 Å². The van der Waals surface area contributed by atoms with E-state index in [0.29, 0.717) is 0 Å². The van der Waals surface area contributed by atoms with Gasteiger partial charge in [-0.15, -0.1) is 0 Å². The van der Waals surface area contributed by atoms with Gasteiger partial charge in [0.25, 0.3) is 0 Å². The van der Waals surface area contributed by atoms with E-state index in [1.807, 2.05) is 36.4 Å². The molecule has 0 fully saturated rings. The lowest BCUT2D eigenvalue weighted by molar-refractivity contribution is -0.145. The molecular formula is C28H37N5O8. The summed E-state index contributed by atoms with van der Waals surface area (Å²) in [5, 5.41) is 19.7. The lowest BCUT2D eigenvalue weighted by Gasteiger charge is -2.25. The second-order valence-corrected chi connectivity index (χ2v) is 8.97. The molecule has 4 amide bonds. The molecule has 0 aliphatic carbocycles. The van der Waals surface area contributed by atoms with Gasteiger partial charge in [0, 0.05) is 26.2 Å². The Balaban J connectivity index is 1.92. The first-order valence-electron chi connectivity index (χ1n) is 13.1. The molecule has 0 spiro atoms. The number of hydrogen-bond acceptors (Lipinski definition) is 8. The fourth-order valence-electron chi connectivity index (χ4n) is 3.43. The average molecular weight is 572 g/mol. The summed E-state index contributed by atoms with van der Waals surface area (Å²) in [6.07, 6.45) is -1.92. The number of ether oxygens (including phenoxy) is 2. The number of nitrogens with zero attached hydrogens (tertiary/aromatic N) is 1. The maximum Gasteiger partial charge on any atom is 0.407 e. The number of nitrogens with one attached hydrogen (secondary N) is 4.